The number of nitrogens with zero attached hydrogens (tertiary/aromatic N) is 1. The number of unbranched alkanes of at least 4 members (excludes halogenated alkanes) is 1. The maximum absolute atomic E-state index is 12.2. The van der Waals surface area contributed by atoms with E-state index in [2.05, 4.69) is 22.9 Å². The molecule has 1 saturated heterocycles. The van der Waals surface area contributed by atoms with E-state index in [-0.39, 0.29) is 12.1 Å². The molecule has 2 rings (SSSR count). The Morgan fingerprint density at radius 3 is 3.15 bits per heavy atom. The van der Waals surface area contributed by atoms with Crippen molar-refractivity contribution in [3.63, 3.8) is 0 Å². The van der Waals surface area contributed by atoms with Crippen molar-refractivity contribution >= 4 is 22.0 Å². The first-order valence-electron chi connectivity index (χ1n) is 6.99. The number of hydrogen-bond donors (Lipinski definition) is 0. The van der Waals surface area contributed by atoms with E-state index in [4.69, 9.17) is 9.47 Å². The van der Waals surface area contributed by atoms with E-state index in [1.165, 1.54) is 0 Å². The molecule has 1 aromatic rings. The quantitative estimate of drug-likeness (QED) is 0.782. The summed E-state index contributed by atoms with van der Waals surface area (Å²) < 4.78 is 11.8. The fraction of sp³-hybridized carbons (Fsp3) is 0.533. The van der Waals surface area contributed by atoms with Gasteiger partial charge in [-0.1, -0.05) is 41.4 Å². The van der Waals surface area contributed by atoms with Crippen LogP contribution in [-0.2, 0) is 9.47 Å². The van der Waals surface area contributed by atoms with Crippen molar-refractivity contribution in [1.82, 2.24) is 4.90 Å². The molecule has 1 aliphatic heterocycles. The van der Waals surface area contributed by atoms with E-state index in [1.807, 2.05) is 24.3 Å². The van der Waals surface area contributed by atoms with Crippen molar-refractivity contribution in [3.05, 3.63) is 34.3 Å². The molecule has 0 saturated carbocycles. The Morgan fingerprint density at radius 2 is 2.40 bits per heavy atom. The molecule has 1 amide bonds. The van der Waals surface area contributed by atoms with Crippen molar-refractivity contribution in [2.24, 2.45) is 0 Å². The molecule has 0 radical (unpaired) electrons. The van der Waals surface area contributed by atoms with Gasteiger partial charge >= 0.3 is 6.09 Å². The predicted molar refractivity (Wildman–Crippen MR) is 80.7 cm³/mol. The summed E-state index contributed by atoms with van der Waals surface area (Å²) in [6, 6.07) is 7.89. The average molecular weight is 342 g/mol. The Bertz CT molecular complexity index is 452. The number of rotatable bonds is 4. The number of ether oxygens (including phenoxy) is 2. The zero-order chi connectivity index (χ0) is 14.4. The molecule has 20 heavy (non-hydrogen) atoms. The Hall–Kier alpha value is -1.07. The number of halogens is 1. The van der Waals surface area contributed by atoms with Gasteiger partial charge in [-0.3, -0.25) is 4.90 Å². The maximum atomic E-state index is 12.2. The van der Waals surface area contributed by atoms with E-state index in [0.29, 0.717) is 26.4 Å². The molecule has 0 aliphatic carbocycles. The summed E-state index contributed by atoms with van der Waals surface area (Å²) in [5.41, 5.74) is 1.06. The largest absolute Gasteiger partial charge is 0.449 e. The number of carbonyl (C=O) groups is 1. The average Bonchev–Trinajstić information content (AvgIpc) is 2.47. The van der Waals surface area contributed by atoms with Gasteiger partial charge in [-0.25, -0.2) is 4.79 Å². The molecule has 5 heteroatoms. The van der Waals surface area contributed by atoms with Gasteiger partial charge in [0, 0.05) is 11.0 Å². The fourth-order valence-electron chi connectivity index (χ4n) is 2.20. The number of morpholine rings is 1. The molecule has 1 heterocycles. The van der Waals surface area contributed by atoms with Crippen molar-refractivity contribution in [3.8, 4) is 0 Å². The highest BCUT2D eigenvalue weighted by Crippen LogP contribution is 2.27. The summed E-state index contributed by atoms with van der Waals surface area (Å²) >= 11 is 3.46. The molecule has 110 valence electrons. The summed E-state index contributed by atoms with van der Waals surface area (Å²) in [6.45, 7) is 4.21. The Kier molecular flexibility index (Phi) is 5.86. The van der Waals surface area contributed by atoms with Gasteiger partial charge in [-0.2, -0.15) is 0 Å². The zero-order valence-electron chi connectivity index (χ0n) is 11.7. The van der Waals surface area contributed by atoms with Crippen LogP contribution in [-0.4, -0.2) is 37.4 Å². The van der Waals surface area contributed by atoms with E-state index >= 15 is 0 Å². The van der Waals surface area contributed by atoms with Crippen molar-refractivity contribution in [1.29, 1.82) is 0 Å². The molecule has 1 aliphatic rings. The lowest BCUT2D eigenvalue weighted by atomic mass is 10.1. The predicted octanol–water partition coefficient (Wildman–Crippen LogP) is 3.76. The van der Waals surface area contributed by atoms with Gasteiger partial charge in [0.15, 0.2) is 0 Å². The molecule has 1 atom stereocenters. The zero-order valence-corrected chi connectivity index (χ0v) is 13.3. The van der Waals surface area contributed by atoms with Gasteiger partial charge in [-0.15, -0.1) is 0 Å². The van der Waals surface area contributed by atoms with Crippen LogP contribution in [0.5, 0.6) is 0 Å². The van der Waals surface area contributed by atoms with Crippen LogP contribution >= 0.6 is 15.9 Å². The van der Waals surface area contributed by atoms with E-state index in [1.54, 1.807) is 4.90 Å². The Labute approximate surface area is 128 Å². The Balaban J connectivity index is 2.07. The number of amides is 1. The third kappa shape index (κ3) is 3.96. The monoisotopic (exact) mass is 341 g/mol. The van der Waals surface area contributed by atoms with Crippen LogP contribution in [0.15, 0.2) is 28.7 Å². The van der Waals surface area contributed by atoms with Gasteiger partial charge < -0.3 is 9.47 Å². The lowest BCUT2D eigenvalue weighted by Crippen LogP contribution is -2.43. The second-order valence-electron chi connectivity index (χ2n) is 4.81. The number of benzene rings is 1. The van der Waals surface area contributed by atoms with Gasteiger partial charge in [0.05, 0.1) is 25.9 Å². The molecule has 0 bridgehead atoms. The summed E-state index contributed by atoms with van der Waals surface area (Å²) in [5.74, 6) is 0. The third-order valence-corrected chi connectivity index (χ3v) is 3.81. The Morgan fingerprint density at radius 1 is 1.55 bits per heavy atom. The second kappa shape index (κ2) is 7.64. The SMILES string of the molecule is CCCCOC(=O)N1CCOCC1c1cccc(Br)c1. The highest BCUT2D eigenvalue weighted by atomic mass is 79.9. The van der Waals surface area contributed by atoms with Crippen LogP contribution < -0.4 is 0 Å². The summed E-state index contributed by atoms with van der Waals surface area (Å²) in [5, 5.41) is 0. The topological polar surface area (TPSA) is 38.8 Å². The first-order chi connectivity index (χ1) is 9.72. The molecule has 1 fully saturated rings. The van der Waals surface area contributed by atoms with Gasteiger partial charge in [0.25, 0.3) is 0 Å². The summed E-state index contributed by atoms with van der Waals surface area (Å²) in [7, 11) is 0. The lowest BCUT2D eigenvalue weighted by molar-refractivity contribution is -0.0101. The summed E-state index contributed by atoms with van der Waals surface area (Å²) in [6.07, 6.45) is 1.68. The molecule has 0 N–H and O–H groups in total. The van der Waals surface area contributed by atoms with Gasteiger partial charge in [-0.05, 0) is 24.1 Å². The van der Waals surface area contributed by atoms with Crippen molar-refractivity contribution in [2.75, 3.05) is 26.4 Å². The first kappa shape index (κ1) is 15.3. The molecule has 0 aromatic heterocycles. The first-order valence-corrected chi connectivity index (χ1v) is 7.78. The molecule has 1 unspecified atom stereocenters. The number of hydrogen-bond acceptors (Lipinski definition) is 3. The lowest BCUT2D eigenvalue weighted by Gasteiger charge is -2.35. The van der Waals surface area contributed by atoms with Crippen LogP contribution in [0.3, 0.4) is 0 Å². The van der Waals surface area contributed by atoms with Crippen LogP contribution in [0, 0.1) is 0 Å². The molecule has 1 aromatic carbocycles. The van der Waals surface area contributed by atoms with Crippen molar-refractivity contribution < 1.29 is 14.3 Å². The third-order valence-electron chi connectivity index (χ3n) is 3.32. The molecule has 0 spiro atoms. The molecule has 4 nitrogen and oxygen atoms in total. The highest BCUT2D eigenvalue weighted by molar-refractivity contribution is 9.10. The normalized spacial score (nSPS) is 18.9. The van der Waals surface area contributed by atoms with E-state index < -0.39 is 0 Å². The smallest absolute Gasteiger partial charge is 0.410 e. The van der Waals surface area contributed by atoms with Crippen molar-refractivity contribution in [2.45, 2.75) is 25.8 Å². The highest BCUT2D eigenvalue weighted by Gasteiger charge is 2.29. The minimum absolute atomic E-state index is 0.0737. The van der Waals surface area contributed by atoms with Crippen LogP contribution in [0.1, 0.15) is 31.4 Å². The van der Waals surface area contributed by atoms with E-state index in [9.17, 15) is 4.79 Å². The van der Waals surface area contributed by atoms with Crippen LogP contribution in [0.25, 0.3) is 0 Å². The number of carbonyl (C=O) groups excluding carboxylic acids is 1. The van der Waals surface area contributed by atoms with Crippen LogP contribution in [0.2, 0.25) is 0 Å². The second-order valence-corrected chi connectivity index (χ2v) is 5.72. The van der Waals surface area contributed by atoms with Crippen LogP contribution in [0.4, 0.5) is 4.79 Å². The standard InChI is InChI=1S/C15H20BrNO3/c1-2-3-8-20-15(18)17-7-9-19-11-14(17)12-5-4-6-13(16)10-12/h4-6,10,14H,2-3,7-9,11H2,1H3. The molecular weight excluding hydrogens is 322 g/mol. The van der Waals surface area contributed by atoms with E-state index in [0.717, 1.165) is 22.9 Å². The molecular formula is C15H20BrNO3. The summed E-state index contributed by atoms with van der Waals surface area (Å²) in [4.78, 5) is 13.9. The van der Waals surface area contributed by atoms with Gasteiger partial charge in [0.2, 0.25) is 0 Å². The maximum Gasteiger partial charge on any atom is 0.410 e. The fourth-order valence-corrected chi connectivity index (χ4v) is 2.62. The minimum atomic E-state index is -0.244. The van der Waals surface area contributed by atoms with Gasteiger partial charge in [0.1, 0.15) is 0 Å². The minimum Gasteiger partial charge on any atom is -0.449 e.